The van der Waals surface area contributed by atoms with Gasteiger partial charge >= 0.3 is 0 Å². The van der Waals surface area contributed by atoms with Crippen molar-refractivity contribution in [1.29, 1.82) is 0 Å². The second-order valence-corrected chi connectivity index (χ2v) is 8.75. The summed E-state index contributed by atoms with van der Waals surface area (Å²) in [5, 5.41) is 2.97. The molecule has 0 saturated carbocycles. The summed E-state index contributed by atoms with van der Waals surface area (Å²) < 4.78 is 13.5. The van der Waals surface area contributed by atoms with Gasteiger partial charge in [0.05, 0.1) is 6.42 Å². The van der Waals surface area contributed by atoms with E-state index in [-0.39, 0.29) is 30.6 Å². The van der Waals surface area contributed by atoms with Gasteiger partial charge in [-0.2, -0.15) is 0 Å². The first-order valence-corrected chi connectivity index (χ1v) is 11.8. The highest BCUT2D eigenvalue weighted by Gasteiger charge is 2.30. The van der Waals surface area contributed by atoms with Gasteiger partial charge in [0.1, 0.15) is 11.9 Å². The molecular formula is C29H33FN2O2. The third-order valence-electron chi connectivity index (χ3n) is 5.93. The Morgan fingerprint density at radius 2 is 1.65 bits per heavy atom. The van der Waals surface area contributed by atoms with E-state index in [4.69, 9.17) is 0 Å². The second kappa shape index (κ2) is 12.1. The van der Waals surface area contributed by atoms with E-state index in [1.807, 2.05) is 69.3 Å². The van der Waals surface area contributed by atoms with Crippen LogP contribution in [0.4, 0.5) is 4.39 Å². The lowest BCUT2D eigenvalue weighted by atomic mass is 9.99. The van der Waals surface area contributed by atoms with E-state index in [1.54, 1.807) is 17.0 Å². The second-order valence-electron chi connectivity index (χ2n) is 8.75. The van der Waals surface area contributed by atoms with Gasteiger partial charge in [-0.05, 0) is 54.7 Å². The number of benzene rings is 3. The fraction of sp³-hybridized carbons (Fsp3) is 0.310. The Morgan fingerprint density at radius 1 is 0.941 bits per heavy atom. The van der Waals surface area contributed by atoms with Gasteiger partial charge in [-0.1, -0.05) is 73.2 Å². The summed E-state index contributed by atoms with van der Waals surface area (Å²) in [6.45, 7) is 6.75. The van der Waals surface area contributed by atoms with Crippen molar-refractivity contribution in [2.45, 2.75) is 52.6 Å². The maximum atomic E-state index is 13.7. The predicted octanol–water partition coefficient (Wildman–Crippen LogP) is 5.15. The summed E-state index contributed by atoms with van der Waals surface area (Å²) >= 11 is 0. The number of nitrogens with one attached hydrogen (secondary N) is 1. The average Bonchev–Trinajstić information content (AvgIpc) is 2.83. The van der Waals surface area contributed by atoms with Crippen molar-refractivity contribution in [3.63, 3.8) is 0 Å². The number of aryl methyl sites for hydroxylation is 2. The molecule has 0 heterocycles. The molecule has 0 aliphatic rings. The summed E-state index contributed by atoms with van der Waals surface area (Å²) in [5.41, 5.74) is 4.82. The molecule has 0 aliphatic carbocycles. The van der Waals surface area contributed by atoms with E-state index < -0.39 is 6.04 Å². The SMILES string of the molecule is CCCNC(=O)[C@H](Cc1ccccc1)N(Cc1ccc(F)cc1)C(=O)Cc1cc(C)ccc1C. The van der Waals surface area contributed by atoms with Gasteiger partial charge in [-0.3, -0.25) is 9.59 Å². The first-order valence-electron chi connectivity index (χ1n) is 11.8. The fourth-order valence-electron chi connectivity index (χ4n) is 3.96. The van der Waals surface area contributed by atoms with Crippen molar-refractivity contribution >= 4 is 11.8 Å². The van der Waals surface area contributed by atoms with Crippen molar-refractivity contribution in [3.8, 4) is 0 Å². The number of halogens is 1. The summed E-state index contributed by atoms with van der Waals surface area (Å²) in [6, 6.07) is 21.2. The zero-order chi connectivity index (χ0) is 24.5. The molecule has 1 atom stereocenters. The van der Waals surface area contributed by atoms with Crippen molar-refractivity contribution < 1.29 is 14.0 Å². The van der Waals surface area contributed by atoms with Gasteiger partial charge in [0, 0.05) is 19.5 Å². The third kappa shape index (κ3) is 7.01. The van der Waals surface area contributed by atoms with Gasteiger partial charge in [-0.15, -0.1) is 0 Å². The molecule has 0 spiro atoms. The van der Waals surface area contributed by atoms with Crippen LogP contribution in [-0.4, -0.2) is 29.3 Å². The minimum absolute atomic E-state index is 0.134. The van der Waals surface area contributed by atoms with Gasteiger partial charge < -0.3 is 10.2 Å². The maximum Gasteiger partial charge on any atom is 0.243 e. The third-order valence-corrected chi connectivity index (χ3v) is 5.93. The van der Waals surface area contributed by atoms with Crippen LogP contribution in [0.2, 0.25) is 0 Å². The quantitative estimate of drug-likeness (QED) is 0.455. The number of carbonyl (C=O) groups excluding carboxylic acids is 2. The summed E-state index contributed by atoms with van der Waals surface area (Å²) in [5.74, 6) is -0.647. The van der Waals surface area contributed by atoms with E-state index in [1.165, 1.54) is 12.1 Å². The molecule has 0 unspecified atom stereocenters. The maximum absolute atomic E-state index is 13.7. The van der Waals surface area contributed by atoms with Crippen LogP contribution in [-0.2, 0) is 29.0 Å². The molecule has 5 heteroatoms. The number of hydrogen-bond donors (Lipinski definition) is 1. The molecule has 0 radical (unpaired) electrons. The molecule has 2 amide bonds. The lowest BCUT2D eigenvalue weighted by Crippen LogP contribution is -2.51. The topological polar surface area (TPSA) is 49.4 Å². The highest BCUT2D eigenvalue weighted by atomic mass is 19.1. The Balaban J connectivity index is 1.97. The van der Waals surface area contributed by atoms with Crippen LogP contribution in [0.3, 0.4) is 0 Å². The molecule has 0 bridgehead atoms. The molecule has 0 aromatic heterocycles. The molecule has 0 fully saturated rings. The fourth-order valence-corrected chi connectivity index (χ4v) is 3.96. The molecule has 0 aliphatic heterocycles. The minimum Gasteiger partial charge on any atom is -0.354 e. The number of hydrogen-bond acceptors (Lipinski definition) is 2. The van der Waals surface area contributed by atoms with Crippen LogP contribution in [0.1, 0.15) is 41.2 Å². The Hall–Kier alpha value is -3.47. The molecular weight excluding hydrogens is 427 g/mol. The van der Waals surface area contributed by atoms with Crippen LogP contribution >= 0.6 is 0 Å². The Bertz CT molecular complexity index is 1100. The zero-order valence-corrected chi connectivity index (χ0v) is 20.2. The van der Waals surface area contributed by atoms with Crippen molar-refractivity contribution in [2.75, 3.05) is 6.54 Å². The summed E-state index contributed by atoms with van der Waals surface area (Å²) in [6.07, 6.45) is 1.40. The van der Waals surface area contributed by atoms with Gasteiger partial charge in [-0.25, -0.2) is 4.39 Å². The highest BCUT2D eigenvalue weighted by Crippen LogP contribution is 2.19. The normalized spacial score (nSPS) is 11.6. The summed E-state index contributed by atoms with van der Waals surface area (Å²) in [4.78, 5) is 28.7. The predicted molar refractivity (Wildman–Crippen MR) is 134 cm³/mol. The first kappa shape index (κ1) is 25.2. The standard InChI is InChI=1S/C29H33FN2O2/c1-4-16-31-29(34)27(18-23-8-6-5-7-9-23)32(20-24-12-14-26(30)15-13-24)28(33)19-25-17-21(2)10-11-22(25)3/h5-15,17,27H,4,16,18-20H2,1-3H3,(H,31,34)/t27-/m0/s1. The van der Waals surface area contributed by atoms with E-state index in [0.29, 0.717) is 13.0 Å². The van der Waals surface area contributed by atoms with E-state index in [2.05, 4.69) is 5.32 Å². The van der Waals surface area contributed by atoms with Crippen LogP contribution in [0, 0.1) is 19.7 Å². The van der Waals surface area contributed by atoms with E-state index >= 15 is 0 Å². The van der Waals surface area contributed by atoms with Crippen LogP contribution in [0.15, 0.2) is 72.8 Å². The zero-order valence-electron chi connectivity index (χ0n) is 20.2. The van der Waals surface area contributed by atoms with Crippen molar-refractivity contribution in [1.82, 2.24) is 10.2 Å². The molecule has 1 N–H and O–H groups in total. The van der Waals surface area contributed by atoms with Crippen molar-refractivity contribution in [2.24, 2.45) is 0 Å². The monoisotopic (exact) mass is 460 g/mol. The van der Waals surface area contributed by atoms with E-state index in [9.17, 15) is 14.0 Å². The van der Waals surface area contributed by atoms with E-state index in [0.717, 1.165) is 34.2 Å². The molecule has 3 aromatic rings. The smallest absolute Gasteiger partial charge is 0.243 e. The largest absolute Gasteiger partial charge is 0.354 e. The molecule has 3 aromatic carbocycles. The van der Waals surface area contributed by atoms with Gasteiger partial charge in [0.2, 0.25) is 11.8 Å². The number of nitrogens with zero attached hydrogens (tertiary/aromatic N) is 1. The number of carbonyl (C=O) groups is 2. The highest BCUT2D eigenvalue weighted by molar-refractivity contribution is 5.89. The average molecular weight is 461 g/mol. The molecule has 0 saturated heterocycles. The molecule has 4 nitrogen and oxygen atoms in total. The van der Waals surface area contributed by atoms with Gasteiger partial charge in [0.15, 0.2) is 0 Å². The lowest BCUT2D eigenvalue weighted by Gasteiger charge is -2.32. The van der Waals surface area contributed by atoms with Crippen molar-refractivity contribution in [3.05, 3.63) is 106 Å². The van der Waals surface area contributed by atoms with Crippen LogP contribution in [0.25, 0.3) is 0 Å². The minimum atomic E-state index is -0.684. The Labute approximate surface area is 201 Å². The Morgan fingerprint density at radius 3 is 2.32 bits per heavy atom. The first-order chi connectivity index (χ1) is 16.4. The molecule has 34 heavy (non-hydrogen) atoms. The molecule has 3 rings (SSSR count). The molecule has 178 valence electrons. The Kier molecular flexibility index (Phi) is 8.97. The number of rotatable bonds is 10. The van der Waals surface area contributed by atoms with Gasteiger partial charge in [0.25, 0.3) is 0 Å². The van der Waals surface area contributed by atoms with Crippen LogP contribution in [0.5, 0.6) is 0 Å². The lowest BCUT2D eigenvalue weighted by molar-refractivity contribution is -0.140. The van der Waals surface area contributed by atoms with Crippen LogP contribution < -0.4 is 5.32 Å². The number of amides is 2. The summed E-state index contributed by atoms with van der Waals surface area (Å²) in [7, 11) is 0.